The van der Waals surface area contributed by atoms with Gasteiger partial charge in [-0.2, -0.15) is 0 Å². The monoisotopic (exact) mass is 417 g/mol. The molecular weight excluding hydrogens is 390 g/mol. The lowest BCUT2D eigenvalue weighted by Gasteiger charge is -2.36. The van der Waals surface area contributed by atoms with Gasteiger partial charge in [0.1, 0.15) is 5.75 Å². The van der Waals surface area contributed by atoms with E-state index in [0.717, 1.165) is 33.8 Å². The van der Waals surface area contributed by atoms with Crippen molar-refractivity contribution in [3.8, 4) is 5.75 Å². The van der Waals surface area contributed by atoms with Crippen LogP contribution in [-0.4, -0.2) is 26.0 Å². The minimum atomic E-state index is -0.423. The lowest BCUT2D eigenvalue weighted by molar-refractivity contribution is -0.136. The molecule has 1 aliphatic heterocycles. The fraction of sp³-hybridized carbons (Fsp3) is 0.308. The SMILES string of the molecule is COC(=O)C1=C(C)NC2=C(C(=O)C[C@H](c3ccc(OC)cc3)C2)[C@@H]1c1ccc(C)cc1. The van der Waals surface area contributed by atoms with Crippen LogP contribution < -0.4 is 10.1 Å². The Labute approximate surface area is 182 Å². The van der Waals surface area contributed by atoms with E-state index < -0.39 is 11.9 Å². The molecular formula is C26H27NO4. The number of nitrogens with one attached hydrogen (secondary N) is 1. The van der Waals surface area contributed by atoms with Gasteiger partial charge in [-0.3, -0.25) is 4.79 Å². The van der Waals surface area contributed by atoms with E-state index in [1.807, 2.05) is 62.4 Å². The molecule has 5 heteroatoms. The third-order valence-corrected chi connectivity index (χ3v) is 6.23. The number of dihydropyridines is 1. The van der Waals surface area contributed by atoms with Crippen LogP contribution in [0.5, 0.6) is 5.75 Å². The Balaban J connectivity index is 1.76. The van der Waals surface area contributed by atoms with Crippen molar-refractivity contribution in [2.45, 2.75) is 38.5 Å². The van der Waals surface area contributed by atoms with E-state index in [1.54, 1.807) is 7.11 Å². The molecule has 0 radical (unpaired) electrons. The number of benzene rings is 2. The minimum Gasteiger partial charge on any atom is -0.497 e. The molecule has 2 aromatic carbocycles. The lowest BCUT2D eigenvalue weighted by atomic mass is 9.71. The number of hydrogen-bond acceptors (Lipinski definition) is 5. The van der Waals surface area contributed by atoms with Gasteiger partial charge in [0.25, 0.3) is 0 Å². The molecule has 0 saturated carbocycles. The van der Waals surface area contributed by atoms with Crippen LogP contribution in [0.25, 0.3) is 0 Å². The summed E-state index contributed by atoms with van der Waals surface area (Å²) in [5, 5.41) is 3.36. The summed E-state index contributed by atoms with van der Waals surface area (Å²) in [6.45, 7) is 3.89. The number of rotatable bonds is 4. The van der Waals surface area contributed by atoms with Crippen LogP contribution in [0.3, 0.4) is 0 Å². The highest BCUT2D eigenvalue weighted by Gasteiger charge is 2.41. The average molecular weight is 418 g/mol. The standard InChI is InChI=1S/C26H27NO4/c1-15-5-7-18(8-6-15)24-23(26(29)31-4)16(2)27-21-13-19(14-22(28)25(21)24)17-9-11-20(30-3)12-10-17/h5-12,19,24,27H,13-14H2,1-4H3/t19-,24-/m1/s1. The van der Waals surface area contributed by atoms with Gasteiger partial charge in [0.15, 0.2) is 5.78 Å². The van der Waals surface area contributed by atoms with Gasteiger partial charge in [0, 0.05) is 29.3 Å². The first-order valence-electron chi connectivity index (χ1n) is 10.5. The first kappa shape index (κ1) is 20.9. The van der Waals surface area contributed by atoms with E-state index in [1.165, 1.54) is 7.11 Å². The lowest BCUT2D eigenvalue weighted by Crippen LogP contribution is -2.36. The summed E-state index contributed by atoms with van der Waals surface area (Å²) in [6, 6.07) is 15.9. The van der Waals surface area contributed by atoms with Crippen LogP contribution in [0.4, 0.5) is 0 Å². The zero-order valence-corrected chi connectivity index (χ0v) is 18.3. The maximum Gasteiger partial charge on any atom is 0.336 e. The summed E-state index contributed by atoms with van der Waals surface area (Å²) >= 11 is 0. The Kier molecular flexibility index (Phi) is 5.68. The summed E-state index contributed by atoms with van der Waals surface area (Å²) in [5.41, 5.74) is 5.97. The Morgan fingerprint density at radius 2 is 1.58 bits per heavy atom. The van der Waals surface area contributed by atoms with E-state index in [4.69, 9.17) is 9.47 Å². The first-order valence-corrected chi connectivity index (χ1v) is 10.5. The molecule has 2 aromatic rings. The first-order chi connectivity index (χ1) is 14.9. The summed E-state index contributed by atoms with van der Waals surface area (Å²) < 4.78 is 10.3. The third kappa shape index (κ3) is 3.88. The van der Waals surface area contributed by atoms with Crippen molar-refractivity contribution < 1.29 is 19.1 Å². The van der Waals surface area contributed by atoms with Crippen molar-refractivity contribution in [2.75, 3.05) is 14.2 Å². The Bertz CT molecular complexity index is 1080. The van der Waals surface area contributed by atoms with Crippen molar-refractivity contribution >= 4 is 11.8 Å². The van der Waals surface area contributed by atoms with Gasteiger partial charge in [-0.1, -0.05) is 42.0 Å². The summed E-state index contributed by atoms with van der Waals surface area (Å²) in [7, 11) is 3.02. The highest BCUT2D eigenvalue weighted by molar-refractivity contribution is 6.04. The van der Waals surface area contributed by atoms with Gasteiger partial charge in [0.2, 0.25) is 0 Å². The van der Waals surface area contributed by atoms with Gasteiger partial charge in [0.05, 0.1) is 19.8 Å². The third-order valence-electron chi connectivity index (χ3n) is 6.23. The summed E-state index contributed by atoms with van der Waals surface area (Å²) in [4.78, 5) is 26.1. The van der Waals surface area contributed by atoms with Gasteiger partial charge < -0.3 is 14.8 Å². The second kappa shape index (κ2) is 8.42. The van der Waals surface area contributed by atoms with Crippen molar-refractivity contribution in [3.63, 3.8) is 0 Å². The molecule has 4 rings (SSSR count). The molecule has 0 saturated heterocycles. The van der Waals surface area contributed by atoms with E-state index in [9.17, 15) is 9.59 Å². The smallest absolute Gasteiger partial charge is 0.336 e. The number of aryl methyl sites for hydroxylation is 1. The van der Waals surface area contributed by atoms with Crippen LogP contribution in [0.2, 0.25) is 0 Å². The highest BCUT2D eigenvalue weighted by atomic mass is 16.5. The fourth-order valence-corrected chi connectivity index (χ4v) is 4.62. The molecule has 0 fully saturated rings. The number of methoxy groups -OCH3 is 2. The largest absolute Gasteiger partial charge is 0.497 e. The van der Waals surface area contributed by atoms with Gasteiger partial charge in [-0.25, -0.2) is 4.79 Å². The van der Waals surface area contributed by atoms with Crippen molar-refractivity contribution in [1.82, 2.24) is 5.32 Å². The topological polar surface area (TPSA) is 64.6 Å². The number of Topliss-reactive ketones (excluding diaryl/α,β-unsaturated/α-hetero) is 1. The number of ether oxygens (including phenoxy) is 2. The molecule has 160 valence electrons. The maximum atomic E-state index is 13.5. The van der Waals surface area contributed by atoms with Crippen LogP contribution in [-0.2, 0) is 14.3 Å². The maximum absolute atomic E-state index is 13.5. The van der Waals surface area contributed by atoms with E-state index in [0.29, 0.717) is 24.0 Å². The van der Waals surface area contributed by atoms with Crippen molar-refractivity contribution in [3.05, 3.63) is 87.8 Å². The van der Waals surface area contributed by atoms with E-state index >= 15 is 0 Å². The fourth-order valence-electron chi connectivity index (χ4n) is 4.62. The number of ketones is 1. The number of hydrogen-bond donors (Lipinski definition) is 1. The quantitative estimate of drug-likeness (QED) is 0.740. The number of esters is 1. The summed E-state index contributed by atoms with van der Waals surface area (Å²) in [5.74, 6) is 0.105. The Morgan fingerprint density at radius 3 is 2.19 bits per heavy atom. The van der Waals surface area contributed by atoms with E-state index in [2.05, 4.69) is 5.32 Å². The van der Waals surface area contributed by atoms with Crippen molar-refractivity contribution in [1.29, 1.82) is 0 Å². The van der Waals surface area contributed by atoms with Gasteiger partial charge in [-0.15, -0.1) is 0 Å². The Hall–Kier alpha value is -3.34. The normalized spacial score (nSPS) is 20.8. The molecule has 1 aliphatic carbocycles. The highest BCUT2D eigenvalue weighted by Crippen LogP contribution is 2.45. The summed E-state index contributed by atoms with van der Waals surface area (Å²) in [6.07, 6.45) is 1.12. The molecule has 0 unspecified atom stereocenters. The zero-order chi connectivity index (χ0) is 22.1. The Morgan fingerprint density at radius 1 is 0.935 bits per heavy atom. The zero-order valence-electron chi connectivity index (χ0n) is 18.3. The second-order valence-corrected chi connectivity index (χ2v) is 8.19. The minimum absolute atomic E-state index is 0.0639. The van der Waals surface area contributed by atoms with Crippen LogP contribution in [0, 0.1) is 6.92 Å². The van der Waals surface area contributed by atoms with Crippen LogP contribution >= 0.6 is 0 Å². The second-order valence-electron chi connectivity index (χ2n) is 8.19. The molecule has 0 aromatic heterocycles. The molecule has 5 nitrogen and oxygen atoms in total. The van der Waals surface area contributed by atoms with Gasteiger partial charge in [-0.05, 0) is 49.4 Å². The molecule has 0 amide bonds. The molecule has 2 atom stereocenters. The van der Waals surface area contributed by atoms with Gasteiger partial charge >= 0.3 is 5.97 Å². The van der Waals surface area contributed by atoms with Crippen LogP contribution in [0.15, 0.2) is 71.1 Å². The van der Waals surface area contributed by atoms with E-state index in [-0.39, 0.29) is 11.7 Å². The molecule has 2 aliphatic rings. The number of carbonyl (C=O) groups is 2. The molecule has 1 N–H and O–H groups in total. The predicted molar refractivity (Wildman–Crippen MR) is 119 cm³/mol. The molecule has 0 bridgehead atoms. The van der Waals surface area contributed by atoms with Crippen molar-refractivity contribution in [2.24, 2.45) is 0 Å². The van der Waals surface area contributed by atoms with Crippen LogP contribution in [0.1, 0.15) is 48.3 Å². The molecule has 31 heavy (non-hydrogen) atoms. The number of carbonyl (C=O) groups excluding carboxylic acids is 2. The average Bonchev–Trinajstić information content (AvgIpc) is 2.78. The molecule has 0 spiro atoms. The molecule has 1 heterocycles. The predicted octanol–water partition coefficient (Wildman–Crippen LogP) is 4.54. The number of allylic oxidation sites excluding steroid dienone is 3.